The van der Waals surface area contributed by atoms with Crippen molar-refractivity contribution in [1.29, 1.82) is 0 Å². The van der Waals surface area contributed by atoms with Crippen LogP contribution in [0.1, 0.15) is 41.4 Å². The summed E-state index contributed by atoms with van der Waals surface area (Å²) in [6.45, 7) is 4.95. The van der Waals surface area contributed by atoms with E-state index in [1.165, 1.54) is 0 Å². The predicted octanol–water partition coefficient (Wildman–Crippen LogP) is 4.60. The second-order valence-electron chi connectivity index (χ2n) is 6.98. The summed E-state index contributed by atoms with van der Waals surface area (Å²) in [5.74, 6) is 0.171. The van der Waals surface area contributed by atoms with Crippen LogP contribution in [0, 0.1) is 5.92 Å². The minimum Gasteiger partial charge on any atom is -0.493 e. The molecule has 2 atom stereocenters. The number of anilines is 1. The number of halogens is 1. The van der Waals surface area contributed by atoms with Crippen molar-refractivity contribution in [3.63, 3.8) is 0 Å². The summed E-state index contributed by atoms with van der Waals surface area (Å²) in [6.07, 6.45) is 0. The molecule has 2 aliphatic heterocycles. The normalized spacial score (nSPS) is 23.1. The van der Waals surface area contributed by atoms with E-state index >= 15 is 0 Å². The molecule has 0 aromatic heterocycles. The number of carbonyl (C=O) groups is 1. The molecule has 0 unspecified atom stereocenters. The van der Waals surface area contributed by atoms with Gasteiger partial charge in [0.05, 0.1) is 23.9 Å². The molecule has 2 aromatic carbocycles. The number of carboxylic acids is 1. The highest BCUT2D eigenvalue weighted by molar-refractivity contribution is 9.10. The lowest BCUT2D eigenvalue weighted by Crippen LogP contribution is -2.46. The number of para-hydroxylation sites is 1. The molecule has 0 aliphatic carbocycles. The summed E-state index contributed by atoms with van der Waals surface area (Å²) < 4.78 is 6.99. The largest absolute Gasteiger partial charge is 0.493 e. The molecule has 4 nitrogen and oxygen atoms in total. The Labute approximate surface area is 149 Å². The number of nitrogens with one attached hydrogen (secondary N) is 1. The maximum Gasteiger partial charge on any atom is 0.337 e. The van der Waals surface area contributed by atoms with Gasteiger partial charge in [-0.1, -0.05) is 41.9 Å². The van der Waals surface area contributed by atoms with E-state index in [0.29, 0.717) is 12.2 Å². The van der Waals surface area contributed by atoms with Gasteiger partial charge in [0, 0.05) is 21.4 Å². The third-order valence-corrected chi connectivity index (χ3v) is 5.84. The van der Waals surface area contributed by atoms with Crippen LogP contribution in [-0.4, -0.2) is 17.7 Å². The molecule has 24 heavy (non-hydrogen) atoms. The minimum atomic E-state index is -0.907. The Hall–Kier alpha value is -2.01. The van der Waals surface area contributed by atoms with Gasteiger partial charge in [0.1, 0.15) is 5.75 Å². The molecule has 2 aliphatic rings. The summed E-state index contributed by atoms with van der Waals surface area (Å²) >= 11 is 3.53. The molecule has 0 bridgehead atoms. The first-order chi connectivity index (χ1) is 11.4. The maximum atomic E-state index is 11.7. The molecule has 0 radical (unpaired) electrons. The lowest BCUT2D eigenvalue weighted by Gasteiger charge is -2.48. The summed E-state index contributed by atoms with van der Waals surface area (Å²) in [5, 5.41) is 13.1. The number of fused-ring (bicyclic) bond motifs is 4. The van der Waals surface area contributed by atoms with Gasteiger partial charge in [-0.3, -0.25) is 0 Å². The van der Waals surface area contributed by atoms with Crippen molar-refractivity contribution in [3.05, 3.63) is 57.6 Å². The summed E-state index contributed by atoms with van der Waals surface area (Å²) in [7, 11) is 0. The number of benzene rings is 2. The van der Waals surface area contributed by atoms with Crippen molar-refractivity contribution < 1.29 is 14.6 Å². The zero-order valence-electron chi connectivity index (χ0n) is 13.5. The SMILES string of the molecule is CC1(C)c2cccc(C(=O)O)c2N[C@H]2c3cc(Br)ccc3OC[C@H]21. The Morgan fingerprint density at radius 3 is 2.88 bits per heavy atom. The Balaban J connectivity index is 1.92. The van der Waals surface area contributed by atoms with E-state index in [1.54, 1.807) is 6.07 Å². The number of aromatic carboxylic acids is 1. The van der Waals surface area contributed by atoms with Crippen LogP contribution in [0.2, 0.25) is 0 Å². The van der Waals surface area contributed by atoms with Crippen LogP contribution in [0.4, 0.5) is 5.69 Å². The minimum absolute atomic E-state index is 0.0225. The average molecular weight is 388 g/mol. The second-order valence-corrected chi connectivity index (χ2v) is 7.89. The zero-order chi connectivity index (χ0) is 17.1. The predicted molar refractivity (Wildman–Crippen MR) is 95.9 cm³/mol. The van der Waals surface area contributed by atoms with E-state index in [-0.39, 0.29) is 17.4 Å². The Kier molecular flexibility index (Phi) is 3.39. The number of ether oxygens (including phenoxy) is 1. The summed E-state index contributed by atoms with van der Waals surface area (Å²) in [6, 6.07) is 11.5. The molecule has 0 amide bonds. The van der Waals surface area contributed by atoms with Gasteiger partial charge in [-0.15, -0.1) is 0 Å². The van der Waals surface area contributed by atoms with Gasteiger partial charge >= 0.3 is 5.97 Å². The molecule has 4 rings (SSSR count). The Morgan fingerprint density at radius 2 is 2.12 bits per heavy atom. The van der Waals surface area contributed by atoms with E-state index in [4.69, 9.17) is 4.74 Å². The van der Waals surface area contributed by atoms with Gasteiger partial charge in [0.15, 0.2) is 0 Å². The fourth-order valence-corrected chi connectivity index (χ4v) is 4.35. The topological polar surface area (TPSA) is 58.6 Å². The van der Waals surface area contributed by atoms with E-state index < -0.39 is 5.97 Å². The molecule has 0 spiro atoms. The van der Waals surface area contributed by atoms with Gasteiger partial charge in [0.2, 0.25) is 0 Å². The van der Waals surface area contributed by atoms with Gasteiger partial charge < -0.3 is 15.2 Å². The summed E-state index contributed by atoms with van der Waals surface area (Å²) in [4.78, 5) is 11.7. The fraction of sp³-hybridized carbons (Fsp3) is 0.316. The molecule has 0 fully saturated rings. The monoisotopic (exact) mass is 387 g/mol. The van der Waals surface area contributed by atoms with Gasteiger partial charge in [-0.2, -0.15) is 0 Å². The highest BCUT2D eigenvalue weighted by atomic mass is 79.9. The first kappa shape index (κ1) is 15.5. The van der Waals surface area contributed by atoms with Crippen LogP contribution in [0.5, 0.6) is 5.75 Å². The van der Waals surface area contributed by atoms with Crippen LogP contribution in [0.15, 0.2) is 40.9 Å². The van der Waals surface area contributed by atoms with E-state index in [1.807, 2.05) is 24.3 Å². The van der Waals surface area contributed by atoms with Gasteiger partial charge in [0.25, 0.3) is 0 Å². The molecular weight excluding hydrogens is 370 g/mol. The second kappa shape index (κ2) is 5.24. The van der Waals surface area contributed by atoms with Crippen LogP contribution in [0.25, 0.3) is 0 Å². The first-order valence-electron chi connectivity index (χ1n) is 7.95. The van der Waals surface area contributed by atoms with Crippen molar-refractivity contribution in [2.45, 2.75) is 25.3 Å². The molecule has 5 heteroatoms. The third kappa shape index (κ3) is 2.14. The number of hydrogen-bond acceptors (Lipinski definition) is 3. The molecular formula is C19H18BrNO3. The smallest absolute Gasteiger partial charge is 0.337 e. The van der Waals surface area contributed by atoms with Crippen molar-refractivity contribution in [3.8, 4) is 5.75 Å². The molecule has 2 aromatic rings. The van der Waals surface area contributed by atoms with Crippen LogP contribution in [0.3, 0.4) is 0 Å². The third-order valence-electron chi connectivity index (χ3n) is 5.34. The lowest BCUT2D eigenvalue weighted by atomic mass is 9.65. The van der Waals surface area contributed by atoms with Gasteiger partial charge in [-0.05, 0) is 29.8 Å². The number of hydrogen-bond donors (Lipinski definition) is 2. The molecule has 0 saturated heterocycles. The number of carboxylic acid groups (broad SMARTS) is 1. The number of rotatable bonds is 1. The van der Waals surface area contributed by atoms with Gasteiger partial charge in [-0.25, -0.2) is 4.79 Å². The van der Waals surface area contributed by atoms with E-state index in [2.05, 4.69) is 41.2 Å². The standard InChI is InChI=1S/C19H18BrNO3/c1-19(2)13-5-3-4-11(18(22)23)16(13)21-17-12-8-10(20)6-7-15(12)24-9-14(17)19/h3-8,14,17,21H,9H2,1-2H3,(H,22,23)/t14-,17+/m1/s1. The quantitative estimate of drug-likeness (QED) is 0.750. The molecule has 0 saturated carbocycles. The van der Waals surface area contributed by atoms with Crippen LogP contribution >= 0.6 is 15.9 Å². The highest BCUT2D eigenvalue weighted by Crippen LogP contribution is 2.52. The van der Waals surface area contributed by atoms with Crippen LogP contribution in [-0.2, 0) is 5.41 Å². The Bertz CT molecular complexity index is 847. The zero-order valence-corrected chi connectivity index (χ0v) is 15.1. The fourth-order valence-electron chi connectivity index (χ4n) is 3.97. The lowest BCUT2D eigenvalue weighted by molar-refractivity contribution is 0.0696. The van der Waals surface area contributed by atoms with Crippen molar-refractivity contribution in [1.82, 2.24) is 0 Å². The van der Waals surface area contributed by atoms with E-state index in [9.17, 15) is 9.90 Å². The molecule has 124 valence electrons. The Morgan fingerprint density at radius 1 is 1.33 bits per heavy atom. The van der Waals surface area contributed by atoms with Crippen molar-refractivity contribution >= 4 is 27.6 Å². The first-order valence-corrected chi connectivity index (χ1v) is 8.74. The van der Waals surface area contributed by atoms with Crippen molar-refractivity contribution in [2.75, 3.05) is 11.9 Å². The summed E-state index contributed by atoms with van der Waals surface area (Å²) in [5.41, 5.74) is 2.95. The van der Waals surface area contributed by atoms with E-state index in [0.717, 1.165) is 27.0 Å². The maximum absolute atomic E-state index is 11.7. The van der Waals surface area contributed by atoms with Crippen molar-refractivity contribution in [2.24, 2.45) is 5.92 Å². The molecule has 2 heterocycles. The highest BCUT2D eigenvalue weighted by Gasteiger charge is 2.47. The van der Waals surface area contributed by atoms with Crippen LogP contribution < -0.4 is 10.1 Å². The molecule has 2 N–H and O–H groups in total. The average Bonchev–Trinajstić information content (AvgIpc) is 2.54.